The summed E-state index contributed by atoms with van der Waals surface area (Å²) >= 11 is 1.49. The summed E-state index contributed by atoms with van der Waals surface area (Å²) in [7, 11) is -3.94. The first-order valence-electron chi connectivity index (χ1n) is 8.95. The Labute approximate surface area is 176 Å². The summed E-state index contributed by atoms with van der Waals surface area (Å²) in [5.74, 6) is -2.14. The Hall–Kier alpha value is -3.10. The van der Waals surface area contributed by atoms with E-state index in [0.717, 1.165) is 40.0 Å². The fraction of sp³-hybridized carbons (Fsp3) is 0.0455. The van der Waals surface area contributed by atoms with Crippen LogP contribution in [0.4, 0.5) is 14.5 Å². The highest BCUT2D eigenvalue weighted by Crippen LogP contribution is 2.30. The molecule has 0 spiro atoms. The average Bonchev–Trinajstić information content (AvgIpc) is 3.21. The molecule has 30 heavy (non-hydrogen) atoms. The van der Waals surface area contributed by atoms with Crippen LogP contribution in [0.25, 0.3) is 21.8 Å². The maximum atomic E-state index is 13.8. The van der Waals surface area contributed by atoms with Crippen LogP contribution >= 0.6 is 11.3 Å². The number of thiazole rings is 1. The van der Waals surface area contributed by atoms with Crippen molar-refractivity contribution in [3.8, 4) is 21.8 Å². The Morgan fingerprint density at radius 1 is 0.900 bits per heavy atom. The lowest BCUT2D eigenvalue weighted by Crippen LogP contribution is -2.16. The van der Waals surface area contributed by atoms with Crippen molar-refractivity contribution in [2.24, 2.45) is 0 Å². The van der Waals surface area contributed by atoms with E-state index in [4.69, 9.17) is 0 Å². The summed E-state index contributed by atoms with van der Waals surface area (Å²) in [5.41, 5.74) is 2.55. The molecule has 1 N–H and O–H groups in total. The molecule has 0 amide bonds. The zero-order valence-corrected chi connectivity index (χ0v) is 17.2. The zero-order valence-electron chi connectivity index (χ0n) is 15.5. The fourth-order valence-electron chi connectivity index (χ4n) is 2.94. The Morgan fingerprint density at radius 3 is 2.47 bits per heavy atom. The molecule has 0 saturated carbocycles. The van der Waals surface area contributed by atoms with Crippen molar-refractivity contribution in [1.29, 1.82) is 0 Å². The molecule has 152 valence electrons. The SMILES string of the molecule is O=S(=O)(Cc1cc(F)ccc1F)Nc1cccc(-c2csc(-c3ccccc3)n2)c1. The minimum atomic E-state index is -3.94. The number of sulfonamides is 1. The highest BCUT2D eigenvalue weighted by atomic mass is 32.2. The van der Waals surface area contributed by atoms with Gasteiger partial charge in [0.05, 0.1) is 11.4 Å². The summed E-state index contributed by atoms with van der Waals surface area (Å²) in [6.45, 7) is 0. The molecule has 4 aromatic rings. The number of nitrogens with one attached hydrogen (secondary N) is 1. The van der Waals surface area contributed by atoms with Crippen LogP contribution in [0.2, 0.25) is 0 Å². The third kappa shape index (κ3) is 4.72. The molecular formula is C22H16F2N2O2S2. The highest BCUT2D eigenvalue weighted by molar-refractivity contribution is 7.91. The molecule has 0 radical (unpaired) electrons. The largest absolute Gasteiger partial charge is 0.283 e. The first kappa shape index (κ1) is 20.2. The fourth-order valence-corrected chi connectivity index (χ4v) is 4.96. The number of hydrogen-bond acceptors (Lipinski definition) is 4. The van der Waals surface area contributed by atoms with Crippen LogP contribution in [0, 0.1) is 11.6 Å². The van der Waals surface area contributed by atoms with Crippen molar-refractivity contribution >= 4 is 27.0 Å². The van der Waals surface area contributed by atoms with Gasteiger partial charge in [0.15, 0.2) is 0 Å². The van der Waals surface area contributed by atoms with Crippen molar-refractivity contribution < 1.29 is 17.2 Å². The third-order valence-corrected chi connectivity index (χ3v) is 6.44. The number of aromatic nitrogens is 1. The molecule has 0 fully saturated rings. The zero-order chi connectivity index (χ0) is 21.1. The maximum absolute atomic E-state index is 13.8. The van der Waals surface area contributed by atoms with Gasteiger partial charge in [0.1, 0.15) is 16.6 Å². The summed E-state index contributed by atoms with van der Waals surface area (Å²) < 4.78 is 54.5. The van der Waals surface area contributed by atoms with Crippen LogP contribution in [-0.2, 0) is 15.8 Å². The maximum Gasteiger partial charge on any atom is 0.237 e. The van der Waals surface area contributed by atoms with Gasteiger partial charge in [-0.2, -0.15) is 0 Å². The molecule has 0 aliphatic heterocycles. The first-order valence-corrected chi connectivity index (χ1v) is 11.5. The quantitative estimate of drug-likeness (QED) is 0.417. The second-order valence-electron chi connectivity index (χ2n) is 6.58. The topological polar surface area (TPSA) is 59.1 Å². The molecule has 0 unspecified atom stereocenters. The Morgan fingerprint density at radius 2 is 1.67 bits per heavy atom. The van der Waals surface area contributed by atoms with Crippen molar-refractivity contribution in [2.45, 2.75) is 5.75 Å². The standard InChI is InChI=1S/C22H16F2N2O2S2/c23-18-9-10-20(24)17(11-18)14-30(27,28)26-19-8-4-7-16(12-19)21-13-29-22(25-21)15-5-2-1-3-6-15/h1-13,26H,14H2. The smallest absolute Gasteiger partial charge is 0.237 e. The van der Waals surface area contributed by atoms with Gasteiger partial charge in [-0.25, -0.2) is 22.2 Å². The molecule has 1 aromatic heterocycles. The normalized spacial score (nSPS) is 11.4. The van der Waals surface area contributed by atoms with E-state index in [1.165, 1.54) is 11.3 Å². The van der Waals surface area contributed by atoms with Crippen molar-refractivity contribution in [1.82, 2.24) is 4.98 Å². The van der Waals surface area contributed by atoms with Crippen LogP contribution in [0.5, 0.6) is 0 Å². The lowest BCUT2D eigenvalue weighted by molar-refractivity contribution is 0.581. The Balaban J connectivity index is 1.55. The minimum absolute atomic E-state index is 0.231. The molecule has 0 bridgehead atoms. The van der Waals surface area contributed by atoms with E-state index in [1.54, 1.807) is 18.2 Å². The molecule has 0 atom stereocenters. The van der Waals surface area contributed by atoms with Crippen molar-refractivity contribution in [2.75, 3.05) is 4.72 Å². The van der Waals surface area contributed by atoms with E-state index < -0.39 is 27.4 Å². The summed E-state index contributed by atoms with van der Waals surface area (Å²) in [5, 5.41) is 2.76. The Bertz CT molecular complexity index is 1290. The van der Waals surface area contributed by atoms with Gasteiger partial charge in [0.25, 0.3) is 0 Å². The average molecular weight is 443 g/mol. The monoisotopic (exact) mass is 442 g/mol. The van der Waals surface area contributed by atoms with Crippen molar-refractivity contribution in [3.63, 3.8) is 0 Å². The predicted octanol–water partition coefficient (Wildman–Crippen LogP) is 5.70. The second-order valence-corrected chi connectivity index (χ2v) is 9.16. The lowest BCUT2D eigenvalue weighted by atomic mass is 10.1. The summed E-state index contributed by atoms with van der Waals surface area (Å²) in [6, 6.07) is 19.3. The van der Waals surface area contributed by atoms with Crippen LogP contribution in [-0.4, -0.2) is 13.4 Å². The number of rotatable bonds is 6. The van der Waals surface area contributed by atoms with E-state index in [1.807, 2.05) is 41.8 Å². The van der Waals surface area contributed by atoms with Gasteiger partial charge in [0, 0.05) is 27.8 Å². The number of anilines is 1. The molecular weight excluding hydrogens is 426 g/mol. The molecule has 0 aliphatic rings. The summed E-state index contributed by atoms with van der Waals surface area (Å²) in [6.07, 6.45) is 0. The van der Waals surface area contributed by atoms with Crippen LogP contribution < -0.4 is 4.72 Å². The molecule has 8 heteroatoms. The van der Waals surface area contributed by atoms with Gasteiger partial charge in [-0.05, 0) is 30.3 Å². The van der Waals surface area contributed by atoms with E-state index in [-0.39, 0.29) is 5.56 Å². The molecule has 1 heterocycles. The number of hydrogen-bond donors (Lipinski definition) is 1. The number of nitrogens with zero attached hydrogens (tertiary/aromatic N) is 1. The van der Waals surface area contributed by atoms with Crippen LogP contribution in [0.1, 0.15) is 5.56 Å². The van der Waals surface area contributed by atoms with E-state index in [2.05, 4.69) is 9.71 Å². The van der Waals surface area contributed by atoms with Gasteiger partial charge in [-0.15, -0.1) is 11.3 Å². The predicted molar refractivity (Wildman–Crippen MR) is 116 cm³/mol. The van der Waals surface area contributed by atoms with Crippen LogP contribution in [0.3, 0.4) is 0 Å². The number of benzene rings is 3. The van der Waals surface area contributed by atoms with E-state index in [9.17, 15) is 17.2 Å². The van der Waals surface area contributed by atoms with Gasteiger partial charge in [-0.3, -0.25) is 4.72 Å². The van der Waals surface area contributed by atoms with Gasteiger partial charge >= 0.3 is 0 Å². The molecule has 0 aliphatic carbocycles. The second kappa shape index (κ2) is 8.33. The van der Waals surface area contributed by atoms with Gasteiger partial charge in [0.2, 0.25) is 10.0 Å². The van der Waals surface area contributed by atoms with Crippen molar-refractivity contribution in [3.05, 3.63) is 95.4 Å². The molecule has 4 rings (SSSR count). The molecule has 0 saturated heterocycles. The highest BCUT2D eigenvalue weighted by Gasteiger charge is 2.16. The van der Waals surface area contributed by atoms with Gasteiger partial charge in [-0.1, -0.05) is 42.5 Å². The molecule has 3 aromatic carbocycles. The van der Waals surface area contributed by atoms with Gasteiger partial charge < -0.3 is 0 Å². The minimum Gasteiger partial charge on any atom is -0.283 e. The number of halogens is 2. The van der Waals surface area contributed by atoms with E-state index in [0.29, 0.717) is 5.69 Å². The third-order valence-electron chi connectivity index (χ3n) is 4.31. The first-order chi connectivity index (χ1) is 14.4. The van der Waals surface area contributed by atoms with Crippen LogP contribution in [0.15, 0.2) is 78.2 Å². The lowest BCUT2D eigenvalue weighted by Gasteiger charge is -2.10. The molecule has 4 nitrogen and oxygen atoms in total. The van der Waals surface area contributed by atoms with E-state index >= 15 is 0 Å². The Kier molecular flexibility index (Phi) is 5.61. The summed E-state index contributed by atoms with van der Waals surface area (Å²) in [4.78, 5) is 4.63.